The van der Waals surface area contributed by atoms with Gasteiger partial charge in [-0.3, -0.25) is 9.10 Å². The summed E-state index contributed by atoms with van der Waals surface area (Å²) in [5.41, 5.74) is 3.28. The van der Waals surface area contributed by atoms with Gasteiger partial charge in [-0.2, -0.15) is 5.10 Å². The molecule has 0 aliphatic rings. The van der Waals surface area contributed by atoms with E-state index in [1.807, 2.05) is 0 Å². The SMILES string of the molecule is CS(=O)(=O)N(CC(=O)N/N=C\c1cccc(Cl)c1)c1cccc(Cl)c1. The monoisotopic (exact) mass is 399 g/mol. The van der Waals surface area contributed by atoms with Gasteiger partial charge in [0.2, 0.25) is 10.0 Å². The second-order valence-electron chi connectivity index (χ2n) is 5.10. The highest BCUT2D eigenvalue weighted by Gasteiger charge is 2.20. The second-order valence-corrected chi connectivity index (χ2v) is 7.88. The molecule has 0 atom stereocenters. The fourth-order valence-corrected chi connectivity index (χ4v) is 3.19. The van der Waals surface area contributed by atoms with E-state index in [0.29, 0.717) is 21.3 Å². The van der Waals surface area contributed by atoms with Crippen LogP contribution in [0.5, 0.6) is 0 Å². The molecule has 0 bridgehead atoms. The number of anilines is 1. The number of amides is 1. The molecule has 1 amide bonds. The van der Waals surface area contributed by atoms with Crippen molar-refractivity contribution < 1.29 is 13.2 Å². The zero-order valence-electron chi connectivity index (χ0n) is 13.2. The van der Waals surface area contributed by atoms with Crippen molar-refractivity contribution in [3.05, 3.63) is 64.1 Å². The summed E-state index contributed by atoms with van der Waals surface area (Å²) >= 11 is 11.7. The number of carbonyl (C=O) groups excluding carboxylic acids is 1. The maximum absolute atomic E-state index is 12.0. The molecule has 2 aromatic rings. The first kappa shape index (κ1) is 19.2. The number of nitrogens with zero attached hydrogens (tertiary/aromatic N) is 2. The first-order valence-electron chi connectivity index (χ1n) is 7.06. The van der Waals surface area contributed by atoms with Crippen molar-refractivity contribution in [3.8, 4) is 0 Å². The topological polar surface area (TPSA) is 78.8 Å². The van der Waals surface area contributed by atoms with Crippen LogP contribution in [0.4, 0.5) is 5.69 Å². The molecule has 0 saturated carbocycles. The number of hydrogen-bond acceptors (Lipinski definition) is 4. The Labute approximate surface area is 156 Å². The Morgan fingerprint density at radius 3 is 2.40 bits per heavy atom. The van der Waals surface area contributed by atoms with Gasteiger partial charge in [-0.15, -0.1) is 0 Å². The summed E-state index contributed by atoms with van der Waals surface area (Å²) in [5.74, 6) is -0.594. The maximum atomic E-state index is 12.0. The Morgan fingerprint density at radius 1 is 1.16 bits per heavy atom. The van der Waals surface area contributed by atoms with Crippen LogP contribution < -0.4 is 9.73 Å². The van der Waals surface area contributed by atoms with Crippen LogP contribution in [0.15, 0.2) is 53.6 Å². The van der Waals surface area contributed by atoms with Crippen LogP contribution in [0.1, 0.15) is 5.56 Å². The summed E-state index contributed by atoms with van der Waals surface area (Å²) in [5, 5.41) is 4.71. The van der Waals surface area contributed by atoms with E-state index in [-0.39, 0.29) is 0 Å². The molecule has 6 nitrogen and oxygen atoms in total. The van der Waals surface area contributed by atoms with E-state index < -0.39 is 22.5 Å². The van der Waals surface area contributed by atoms with Crippen LogP contribution in [0, 0.1) is 0 Å². The van der Waals surface area contributed by atoms with Gasteiger partial charge in [-0.05, 0) is 35.9 Å². The van der Waals surface area contributed by atoms with E-state index in [2.05, 4.69) is 10.5 Å². The predicted octanol–water partition coefficient (Wildman–Crippen LogP) is 2.91. The van der Waals surface area contributed by atoms with E-state index in [0.717, 1.165) is 10.6 Å². The normalized spacial score (nSPS) is 11.5. The molecule has 0 heterocycles. The average molecular weight is 400 g/mol. The van der Waals surface area contributed by atoms with E-state index in [1.165, 1.54) is 12.3 Å². The highest BCUT2D eigenvalue weighted by molar-refractivity contribution is 7.92. The summed E-state index contributed by atoms with van der Waals surface area (Å²) in [6, 6.07) is 13.1. The molecule has 132 valence electrons. The number of sulfonamides is 1. The Morgan fingerprint density at radius 2 is 1.80 bits per heavy atom. The Kier molecular flexibility index (Phi) is 6.41. The van der Waals surface area contributed by atoms with Crippen molar-refractivity contribution in [1.82, 2.24) is 5.43 Å². The van der Waals surface area contributed by atoms with Crippen molar-refractivity contribution >= 4 is 51.0 Å². The van der Waals surface area contributed by atoms with E-state index in [4.69, 9.17) is 23.2 Å². The van der Waals surface area contributed by atoms with Crippen LogP contribution >= 0.6 is 23.2 Å². The molecule has 0 unspecified atom stereocenters. The van der Waals surface area contributed by atoms with Gasteiger partial charge in [0.05, 0.1) is 18.2 Å². The molecular formula is C16H15Cl2N3O3S. The second kappa shape index (κ2) is 8.33. The molecule has 9 heteroatoms. The molecule has 1 N–H and O–H groups in total. The van der Waals surface area contributed by atoms with E-state index >= 15 is 0 Å². The van der Waals surface area contributed by atoms with Crippen molar-refractivity contribution in [2.24, 2.45) is 5.10 Å². The number of benzene rings is 2. The lowest BCUT2D eigenvalue weighted by molar-refractivity contribution is -0.119. The van der Waals surface area contributed by atoms with Gasteiger partial charge in [0.25, 0.3) is 5.91 Å². The standard InChI is InChI=1S/C16H15Cl2N3O3S/c1-25(23,24)21(15-7-3-6-14(18)9-15)11-16(22)20-19-10-12-4-2-5-13(17)8-12/h2-10H,11H2,1H3,(H,20,22)/b19-10-. The number of hydrazone groups is 1. The van der Waals surface area contributed by atoms with Gasteiger partial charge in [-0.25, -0.2) is 13.8 Å². The molecule has 0 spiro atoms. The number of rotatable bonds is 6. The van der Waals surface area contributed by atoms with Crippen molar-refractivity contribution in [2.75, 3.05) is 17.1 Å². The zero-order chi connectivity index (χ0) is 18.4. The summed E-state index contributed by atoms with van der Waals surface area (Å²) in [6.07, 6.45) is 2.42. The van der Waals surface area contributed by atoms with E-state index in [1.54, 1.807) is 42.5 Å². The summed E-state index contributed by atoms with van der Waals surface area (Å²) in [4.78, 5) is 12.0. The highest BCUT2D eigenvalue weighted by Crippen LogP contribution is 2.21. The molecule has 25 heavy (non-hydrogen) atoms. The molecule has 0 aliphatic heterocycles. The Bertz CT molecular complexity index is 901. The largest absolute Gasteiger partial charge is 0.271 e. The fourth-order valence-electron chi connectivity index (χ4n) is 1.96. The number of carbonyl (C=O) groups is 1. The van der Waals surface area contributed by atoms with Gasteiger partial charge in [0, 0.05) is 10.0 Å². The number of nitrogens with one attached hydrogen (secondary N) is 1. The summed E-state index contributed by atoms with van der Waals surface area (Å²) in [7, 11) is -3.67. The molecule has 2 rings (SSSR count). The van der Waals surface area contributed by atoms with E-state index in [9.17, 15) is 13.2 Å². The summed E-state index contributed by atoms with van der Waals surface area (Å²) < 4.78 is 24.9. The third-order valence-corrected chi connectivity index (χ3v) is 4.65. The minimum Gasteiger partial charge on any atom is -0.271 e. The number of hydrogen-bond donors (Lipinski definition) is 1. The van der Waals surface area contributed by atoms with Crippen LogP contribution in [-0.2, 0) is 14.8 Å². The highest BCUT2D eigenvalue weighted by atomic mass is 35.5. The van der Waals surface area contributed by atoms with Gasteiger partial charge < -0.3 is 0 Å². The predicted molar refractivity (Wildman–Crippen MR) is 101 cm³/mol. The molecule has 0 aromatic heterocycles. The van der Waals surface area contributed by atoms with Gasteiger partial charge in [0.15, 0.2) is 0 Å². The van der Waals surface area contributed by atoms with Crippen molar-refractivity contribution in [1.29, 1.82) is 0 Å². The molecular weight excluding hydrogens is 385 g/mol. The van der Waals surface area contributed by atoms with Crippen LogP contribution in [0.3, 0.4) is 0 Å². The first-order valence-corrected chi connectivity index (χ1v) is 9.67. The molecule has 0 fully saturated rings. The fraction of sp³-hybridized carbons (Fsp3) is 0.125. The van der Waals surface area contributed by atoms with Crippen LogP contribution in [0.2, 0.25) is 10.0 Å². The Balaban J connectivity index is 2.07. The van der Waals surface area contributed by atoms with Crippen LogP contribution in [0.25, 0.3) is 0 Å². The molecule has 2 aromatic carbocycles. The Hall–Kier alpha value is -2.09. The number of halogens is 2. The lowest BCUT2D eigenvalue weighted by Gasteiger charge is -2.21. The van der Waals surface area contributed by atoms with Crippen molar-refractivity contribution in [3.63, 3.8) is 0 Å². The quantitative estimate of drug-likeness (QED) is 0.598. The molecule has 0 saturated heterocycles. The minimum absolute atomic E-state index is 0.295. The minimum atomic E-state index is -3.67. The average Bonchev–Trinajstić information content (AvgIpc) is 2.51. The van der Waals surface area contributed by atoms with Gasteiger partial charge >= 0.3 is 0 Å². The molecule has 0 radical (unpaired) electrons. The van der Waals surface area contributed by atoms with Crippen LogP contribution in [-0.4, -0.2) is 33.3 Å². The zero-order valence-corrected chi connectivity index (χ0v) is 15.5. The van der Waals surface area contributed by atoms with Crippen molar-refractivity contribution in [2.45, 2.75) is 0 Å². The smallest absolute Gasteiger partial charge is 0.260 e. The van der Waals surface area contributed by atoms with Gasteiger partial charge in [0.1, 0.15) is 6.54 Å². The maximum Gasteiger partial charge on any atom is 0.260 e. The van der Waals surface area contributed by atoms with Gasteiger partial charge in [-0.1, -0.05) is 41.4 Å². The lowest BCUT2D eigenvalue weighted by atomic mass is 10.2. The molecule has 0 aliphatic carbocycles. The lowest BCUT2D eigenvalue weighted by Crippen LogP contribution is -2.39. The summed E-state index contributed by atoms with van der Waals surface area (Å²) in [6.45, 7) is -0.425. The third kappa shape index (κ3) is 6.04. The first-order chi connectivity index (χ1) is 11.8. The third-order valence-electron chi connectivity index (χ3n) is 3.04.